The first-order valence-electron chi connectivity index (χ1n) is 6.78. The molecule has 2 rings (SSSR count). The SMILES string of the molecule is Cc1ccc(C(=O)NCC2CCC(Br)CC2)cc1O. The average molecular weight is 326 g/mol. The second kappa shape index (κ2) is 6.42. The van der Waals surface area contributed by atoms with Gasteiger partial charge in [-0.1, -0.05) is 22.0 Å². The first-order chi connectivity index (χ1) is 9.06. The Labute approximate surface area is 122 Å². The van der Waals surface area contributed by atoms with Crippen LogP contribution in [0.1, 0.15) is 41.6 Å². The minimum atomic E-state index is -0.101. The summed E-state index contributed by atoms with van der Waals surface area (Å²) in [6.45, 7) is 2.54. The van der Waals surface area contributed by atoms with Crippen LogP contribution in [-0.2, 0) is 0 Å². The molecule has 0 saturated heterocycles. The molecule has 1 fully saturated rings. The summed E-state index contributed by atoms with van der Waals surface area (Å²) in [6, 6.07) is 5.04. The number of rotatable bonds is 3. The lowest BCUT2D eigenvalue weighted by Crippen LogP contribution is -2.31. The molecule has 1 aromatic rings. The normalized spacial score (nSPS) is 23.1. The van der Waals surface area contributed by atoms with E-state index in [1.54, 1.807) is 12.1 Å². The van der Waals surface area contributed by atoms with Gasteiger partial charge in [-0.05, 0) is 56.2 Å². The quantitative estimate of drug-likeness (QED) is 0.837. The van der Waals surface area contributed by atoms with Gasteiger partial charge < -0.3 is 10.4 Å². The molecule has 4 heteroatoms. The Morgan fingerprint density at radius 3 is 2.68 bits per heavy atom. The van der Waals surface area contributed by atoms with E-state index in [4.69, 9.17) is 0 Å². The zero-order valence-corrected chi connectivity index (χ0v) is 12.7. The van der Waals surface area contributed by atoms with Crippen LogP contribution < -0.4 is 5.32 Å². The zero-order chi connectivity index (χ0) is 13.8. The van der Waals surface area contributed by atoms with E-state index >= 15 is 0 Å². The maximum atomic E-state index is 12.0. The first-order valence-corrected chi connectivity index (χ1v) is 7.69. The minimum Gasteiger partial charge on any atom is -0.508 e. The lowest BCUT2D eigenvalue weighted by Gasteiger charge is -2.25. The van der Waals surface area contributed by atoms with Crippen LogP contribution in [0, 0.1) is 12.8 Å². The van der Waals surface area contributed by atoms with Crippen LogP contribution in [0.4, 0.5) is 0 Å². The van der Waals surface area contributed by atoms with Crippen LogP contribution in [0.2, 0.25) is 0 Å². The second-order valence-electron chi connectivity index (χ2n) is 5.33. The van der Waals surface area contributed by atoms with Crippen LogP contribution in [0.25, 0.3) is 0 Å². The number of halogens is 1. The largest absolute Gasteiger partial charge is 0.508 e. The fourth-order valence-corrected chi connectivity index (χ4v) is 2.94. The van der Waals surface area contributed by atoms with Gasteiger partial charge in [0.15, 0.2) is 0 Å². The number of phenolic OH excluding ortho intramolecular Hbond substituents is 1. The number of carbonyl (C=O) groups excluding carboxylic acids is 1. The summed E-state index contributed by atoms with van der Waals surface area (Å²) in [7, 11) is 0. The molecule has 0 unspecified atom stereocenters. The number of phenols is 1. The molecule has 0 atom stereocenters. The lowest BCUT2D eigenvalue weighted by atomic mass is 9.89. The van der Waals surface area contributed by atoms with Gasteiger partial charge in [0.05, 0.1) is 0 Å². The molecule has 0 aromatic heterocycles. The third kappa shape index (κ3) is 3.96. The van der Waals surface area contributed by atoms with Crippen LogP contribution in [0.5, 0.6) is 5.75 Å². The Kier molecular flexibility index (Phi) is 4.86. The summed E-state index contributed by atoms with van der Waals surface area (Å²) < 4.78 is 0. The van der Waals surface area contributed by atoms with Crippen LogP contribution >= 0.6 is 15.9 Å². The van der Waals surface area contributed by atoms with Crippen molar-refractivity contribution in [2.45, 2.75) is 37.4 Å². The molecule has 1 aliphatic rings. The number of alkyl halides is 1. The van der Waals surface area contributed by atoms with Crippen LogP contribution in [0.15, 0.2) is 18.2 Å². The van der Waals surface area contributed by atoms with E-state index in [1.807, 2.05) is 6.92 Å². The molecule has 1 aliphatic carbocycles. The standard InChI is InChI=1S/C15H20BrNO2/c1-10-2-5-12(8-14(10)18)15(19)17-9-11-3-6-13(16)7-4-11/h2,5,8,11,13,18H,3-4,6-7,9H2,1H3,(H,17,19). The number of aromatic hydroxyl groups is 1. The molecular weight excluding hydrogens is 306 g/mol. The topological polar surface area (TPSA) is 49.3 Å². The van der Waals surface area contributed by atoms with E-state index in [1.165, 1.54) is 18.9 Å². The number of aryl methyl sites for hydroxylation is 1. The first kappa shape index (κ1) is 14.4. The van der Waals surface area contributed by atoms with Crippen molar-refractivity contribution < 1.29 is 9.90 Å². The molecule has 0 aliphatic heterocycles. The fourth-order valence-electron chi connectivity index (χ4n) is 2.42. The van der Waals surface area contributed by atoms with E-state index in [-0.39, 0.29) is 11.7 Å². The maximum absolute atomic E-state index is 12.0. The number of hydrogen-bond acceptors (Lipinski definition) is 2. The molecular formula is C15H20BrNO2. The monoisotopic (exact) mass is 325 g/mol. The molecule has 2 N–H and O–H groups in total. The van der Waals surface area contributed by atoms with Gasteiger partial charge in [-0.3, -0.25) is 4.79 Å². The molecule has 1 saturated carbocycles. The molecule has 104 valence electrons. The van der Waals surface area contributed by atoms with Crippen LogP contribution in [-0.4, -0.2) is 22.4 Å². The maximum Gasteiger partial charge on any atom is 0.251 e. The Hall–Kier alpha value is -1.03. The van der Waals surface area contributed by atoms with Crippen molar-refractivity contribution in [1.82, 2.24) is 5.32 Å². The molecule has 1 aromatic carbocycles. The van der Waals surface area contributed by atoms with Gasteiger partial charge in [0.25, 0.3) is 5.91 Å². The fraction of sp³-hybridized carbons (Fsp3) is 0.533. The summed E-state index contributed by atoms with van der Waals surface area (Å²) in [5.74, 6) is 0.653. The summed E-state index contributed by atoms with van der Waals surface area (Å²) >= 11 is 3.63. The molecule has 3 nitrogen and oxygen atoms in total. The number of hydrogen-bond donors (Lipinski definition) is 2. The molecule has 1 amide bonds. The predicted molar refractivity (Wildman–Crippen MR) is 79.9 cm³/mol. The Morgan fingerprint density at radius 2 is 2.05 bits per heavy atom. The van der Waals surface area contributed by atoms with Crippen molar-refractivity contribution >= 4 is 21.8 Å². The number of benzene rings is 1. The smallest absolute Gasteiger partial charge is 0.251 e. The molecule has 0 heterocycles. The summed E-state index contributed by atoms with van der Waals surface area (Å²) in [6.07, 6.45) is 4.70. The van der Waals surface area contributed by atoms with Crippen molar-refractivity contribution in [1.29, 1.82) is 0 Å². The number of nitrogens with one attached hydrogen (secondary N) is 1. The zero-order valence-electron chi connectivity index (χ0n) is 11.2. The average Bonchev–Trinajstić information content (AvgIpc) is 2.41. The lowest BCUT2D eigenvalue weighted by molar-refractivity contribution is 0.0943. The predicted octanol–water partition coefficient (Wildman–Crippen LogP) is 3.38. The highest BCUT2D eigenvalue weighted by Gasteiger charge is 2.19. The van der Waals surface area contributed by atoms with Gasteiger partial charge in [-0.2, -0.15) is 0 Å². The third-order valence-corrected chi connectivity index (χ3v) is 4.71. The molecule has 19 heavy (non-hydrogen) atoms. The Morgan fingerprint density at radius 1 is 1.37 bits per heavy atom. The Bertz CT molecular complexity index is 453. The van der Waals surface area contributed by atoms with Gasteiger partial charge in [0.1, 0.15) is 5.75 Å². The van der Waals surface area contributed by atoms with E-state index in [0.29, 0.717) is 16.3 Å². The molecule has 0 bridgehead atoms. The van der Waals surface area contributed by atoms with Crippen molar-refractivity contribution in [2.24, 2.45) is 5.92 Å². The van der Waals surface area contributed by atoms with E-state index in [2.05, 4.69) is 21.2 Å². The van der Waals surface area contributed by atoms with Gasteiger partial charge in [0.2, 0.25) is 0 Å². The summed E-state index contributed by atoms with van der Waals surface area (Å²) in [4.78, 5) is 12.6. The molecule has 0 spiro atoms. The molecule has 0 radical (unpaired) electrons. The van der Waals surface area contributed by atoms with Gasteiger partial charge in [-0.25, -0.2) is 0 Å². The van der Waals surface area contributed by atoms with Gasteiger partial charge in [-0.15, -0.1) is 0 Å². The third-order valence-electron chi connectivity index (χ3n) is 3.80. The van der Waals surface area contributed by atoms with Crippen molar-refractivity contribution in [3.05, 3.63) is 29.3 Å². The summed E-state index contributed by atoms with van der Waals surface area (Å²) in [5.41, 5.74) is 1.31. The second-order valence-corrected chi connectivity index (χ2v) is 6.62. The van der Waals surface area contributed by atoms with E-state index in [9.17, 15) is 9.90 Å². The summed E-state index contributed by atoms with van der Waals surface area (Å²) in [5, 5.41) is 12.6. The van der Waals surface area contributed by atoms with Crippen molar-refractivity contribution in [2.75, 3.05) is 6.54 Å². The number of carbonyl (C=O) groups is 1. The van der Waals surface area contributed by atoms with Gasteiger partial charge >= 0.3 is 0 Å². The Balaban J connectivity index is 1.85. The van der Waals surface area contributed by atoms with E-state index in [0.717, 1.165) is 24.9 Å². The highest BCUT2D eigenvalue weighted by Crippen LogP contribution is 2.28. The van der Waals surface area contributed by atoms with E-state index < -0.39 is 0 Å². The highest BCUT2D eigenvalue weighted by atomic mass is 79.9. The van der Waals surface area contributed by atoms with Crippen LogP contribution in [0.3, 0.4) is 0 Å². The van der Waals surface area contributed by atoms with Crippen molar-refractivity contribution in [3.63, 3.8) is 0 Å². The van der Waals surface area contributed by atoms with Crippen molar-refractivity contribution in [3.8, 4) is 5.75 Å². The minimum absolute atomic E-state index is 0.101. The van der Waals surface area contributed by atoms with Gasteiger partial charge in [0, 0.05) is 16.9 Å². The highest BCUT2D eigenvalue weighted by molar-refractivity contribution is 9.09. The number of amides is 1.